The van der Waals surface area contributed by atoms with Gasteiger partial charge in [-0.3, -0.25) is 14.4 Å². The lowest BCUT2D eigenvalue weighted by Crippen LogP contribution is -2.12. The van der Waals surface area contributed by atoms with E-state index in [0.29, 0.717) is 17.5 Å². The third-order valence-corrected chi connectivity index (χ3v) is 4.08. The van der Waals surface area contributed by atoms with Crippen molar-refractivity contribution in [3.63, 3.8) is 0 Å². The summed E-state index contributed by atoms with van der Waals surface area (Å²) < 4.78 is 0. The summed E-state index contributed by atoms with van der Waals surface area (Å²) in [6.07, 6.45) is 8.05. The van der Waals surface area contributed by atoms with Crippen molar-refractivity contribution in [3.8, 4) is 0 Å². The van der Waals surface area contributed by atoms with Gasteiger partial charge in [0.1, 0.15) is 5.78 Å². The van der Waals surface area contributed by atoms with E-state index in [1.165, 1.54) is 25.7 Å². The van der Waals surface area contributed by atoms with Crippen molar-refractivity contribution in [1.82, 2.24) is 0 Å². The van der Waals surface area contributed by atoms with E-state index in [1.54, 1.807) is 24.3 Å². The fourth-order valence-electron chi connectivity index (χ4n) is 2.75. The number of benzene rings is 1. The summed E-state index contributed by atoms with van der Waals surface area (Å²) in [6, 6.07) is 6.62. The molecule has 1 aromatic rings. The second-order valence-electron chi connectivity index (χ2n) is 6.24. The molecule has 1 N–H and O–H groups in total. The van der Waals surface area contributed by atoms with Crippen molar-refractivity contribution in [2.45, 2.75) is 71.1 Å². The van der Waals surface area contributed by atoms with Gasteiger partial charge in [-0.05, 0) is 12.0 Å². The summed E-state index contributed by atoms with van der Waals surface area (Å²) in [5.74, 6) is -1.32. The molecule has 0 amide bonds. The van der Waals surface area contributed by atoms with Crippen molar-refractivity contribution in [1.29, 1.82) is 0 Å². The van der Waals surface area contributed by atoms with Crippen LogP contribution in [0.1, 0.15) is 80.6 Å². The maximum Gasteiger partial charge on any atom is 0.307 e. The van der Waals surface area contributed by atoms with Crippen molar-refractivity contribution >= 4 is 17.5 Å². The highest BCUT2D eigenvalue weighted by atomic mass is 16.4. The van der Waals surface area contributed by atoms with Crippen molar-refractivity contribution < 1.29 is 19.5 Å². The number of rotatable bonds is 13. The Morgan fingerprint density at radius 3 is 2.21 bits per heavy atom. The molecule has 1 rings (SSSR count). The zero-order valence-electron chi connectivity index (χ0n) is 14.6. The van der Waals surface area contributed by atoms with Crippen LogP contribution in [0.5, 0.6) is 0 Å². The monoisotopic (exact) mass is 332 g/mol. The van der Waals surface area contributed by atoms with Gasteiger partial charge in [-0.25, -0.2) is 0 Å². The van der Waals surface area contributed by atoms with Crippen LogP contribution in [-0.4, -0.2) is 22.6 Å². The SMILES string of the molecule is CCCCCCCCCC(=O)CC(=O)c1ccccc1CC(=O)O. The molecule has 0 saturated carbocycles. The molecule has 24 heavy (non-hydrogen) atoms. The van der Waals surface area contributed by atoms with Gasteiger partial charge in [-0.2, -0.15) is 0 Å². The van der Waals surface area contributed by atoms with Crippen molar-refractivity contribution in [3.05, 3.63) is 35.4 Å². The largest absolute Gasteiger partial charge is 0.481 e. The predicted molar refractivity (Wildman–Crippen MR) is 94.3 cm³/mol. The summed E-state index contributed by atoms with van der Waals surface area (Å²) in [7, 11) is 0. The summed E-state index contributed by atoms with van der Waals surface area (Å²) in [4.78, 5) is 35.1. The highest BCUT2D eigenvalue weighted by molar-refractivity contribution is 6.09. The molecule has 0 radical (unpaired) electrons. The van der Waals surface area contributed by atoms with Gasteiger partial charge >= 0.3 is 5.97 Å². The van der Waals surface area contributed by atoms with Crippen LogP contribution in [0.25, 0.3) is 0 Å². The number of carboxylic acid groups (broad SMARTS) is 1. The Labute approximate surface area is 144 Å². The molecule has 0 aliphatic rings. The summed E-state index contributed by atoms with van der Waals surface area (Å²) in [5.41, 5.74) is 0.825. The number of carbonyl (C=O) groups is 3. The molecule has 0 heterocycles. The number of unbranched alkanes of at least 4 members (excludes halogenated alkanes) is 6. The maximum absolute atomic E-state index is 12.3. The topological polar surface area (TPSA) is 71.4 Å². The fourth-order valence-corrected chi connectivity index (χ4v) is 2.75. The Morgan fingerprint density at radius 2 is 1.54 bits per heavy atom. The van der Waals surface area contributed by atoms with Crippen LogP contribution >= 0.6 is 0 Å². The highest BCUT2D eigenvalue weighted by Crippen LogP contribution is 2.14. The first-order chi connectivity index (χ1) is 11.5. The number of aliphatic carboxylic acids is 1. The molecule has 1 aromatic carbocycles. The van der Waals surface area contributed by atoms with E-state index in [-0.39, 0.29) is 24.4 Å². The van der Waals surface area contributed by atoms with Gasteiger partial charge in [0.25, 0.3) is 0 Å². The Balaban J connectivity index is 2.37. The molecule has 0 atom stereocenters. The first-order valence-corrected chi connectivity index (χ1v) is 8.89. The fraction of sp³-hybridized carbons (Fsp3) is 0.550. The second kappa shape index (κ2) is 11.5. The van der Waals surface area contributed by atoms with Crippen LogP contribution in [0.15, 0.2) is 24.3 Å². The van der Waals surface area contributed by atoms with Gasteiger partial charge in [0.05, 0.1) is 12.8 Å². The average molecular weight is 332 g/mol. The van der Waals surface area contributed by atoms with E-state index in [9.17, 15) is 14.4 Å². The van der Waals surface area contributed by atoms with Crippen LogP contribution in [-0.2, 0) is 16.0 Å². The van der Waals surface area contributed by atoms with Crippen LogP contribution in [0, 0.1) is 0 Å². The maximum atomic E-state index is 12.3. The van der Waals surface area contributed by atoms with Gasteiger partial charge in [-0.1, -0.05) is 69.7 Å². The molecule has 0 aromatic heterocycles. The molecule has 0 aliphatic carbocycles. The number of hydrogen-bond acceptors (Lipinski definition) is 3. The Kier molecular flexibility index (Phi) is 9.66. The first kappa shape index (κ1) is 20.1. The number of carboxylic acids is 1. The van der Waals surface area contributed by atoms with E-state index in [1.807, 2.05) is 0 Å². The van der Waals surface area contributed by atoms with Crippen molar-refractivity contribution in [2.75, 3.05) is 0 Å². The lowest BCUT2D eigenvalue weighted by Gasteiger charge is -2.06. The summed E-state index contributed by atoms with van der Waals surface area (Å²) >= 11 is 0. The molecular formula is C20H28O4. The molecule has 0 saturated heterocycles. The Morgan fingerprint density at radius 1 is 0.917 bits per heavy atom. The number of hydrogen-bond donors (Lipinski definition) is 1. The van der Waals surface area contributed by atoms with Gasteiger partial charge in [0.15, 0.2) is 5.78 Å². The molecule has 0 aliphatic heterocycles. The van der Waals surface area contributed by atoms with E-state index < -0.39 is 5.97 Å². The lowest BCUT2D eigenvalue weighted by molar-refractivity contribution is -0.136. The zero-order chi connectivity index (χ0) is 17.8. The van der Waals surface area contributed by atoms with E-state index in [0.717, 1.165) is 19.3 Å². The van der Waals surface area contributed by atoms with Crippen LogP contribution in [0.4, 0.5) is 0 Å². The zero-order valence-corrected chi connectivity index (χ0v) is 14.6. The van der Waals surface area contributed by atoms with Crippen LogP contribution in [0.2, 0.25) is 0 Å². The normalized spacial score (nSPS) is 10.5. The highest BCUT2D eigenvalue weighted by Gasteiger charge is 2.16. The predicted octanol–water partition coefficient (Wildman–Crippen LogP) is 4.60. The summed E-state index contributed by atoms with van der Waals surface area (Å²) in [5, 5.41) is 8.90. The third kappa shape index (κ3) is 8.04. The lowest BCUT2D eigenvalue weighted by atomic mass is 9.97. The third-order valence-electron chi connectivity index (χ3n) is 4.08. The Hall–Kier alpha value is -1.97. The van der Waals surface area contributed by atoms with E-state index >= 15 is 0 Å². The number of ketones is 2. The molecule has 4 heteroatoms. The van der Waals surface area contributed by atoms with Gasteiger partial charge in [-0.15, -0.1) is 0 Å². The number of carbonyl (C=O) groups excluding carboxylic acids is 2. The molecular weight excluding hydrogens is 304 g/mol. The van der Waals surface area contributed by atoms with Crippen molar-refractivity contribution in [2.24, 2.45) is 0 Å². The standard InChI is InChI=1S/C20H28O4/c1-2-3-4-5-6-7-8-12-17(21)15-19(22)18-13-10-9-11-16(18)14-20(23)24/h9-11,13H,2-8,12,14-15H2,1H3,(H,23,24). The van der Waals surface area contributed by atoms with Gasteiger partial charge in [0, 0.05) is 12.0 Å². The van der Waals surface area contributed by atoms with Crippen LogP contribution < -0.4 is 0 Å². The second-order valence-corrected chi connectivity index (χ2v) is 6.24. The summed E-state index contributed by atoms with van der Waals surface area (Å²) in [6.45, 7) is 2.18. The molecule has 0 fully saturated rings. The molecule has 0 bridgehead atoms. The molecule has 4 nitrogen and oxygen atoms in total. The van der Waals surface area contributed by atoms with Crippen LogP contribution in [0.3, 0.4) is 0 Å². The van der Waals surface area contributed by atoms with Gasteiger partial charge < -0.3 is 5.11 Å². The van der Waals surface area contributed by atoms with E-state index in [2.05, 4.69) is 6.92 Å². The molecule has 0 spiro atoms. The first-order valence-electron chi connectivity index (χ1n) is 8.89. The minimum atomic E-state index is -0.982. The molecule has 0 unspecified atom stereocenters. The number of Topliss-reactive ketones (excluding diaryl/α,β-unsaturated/α-hetero) is 2. The van der Waals surface area contributed by atoms with Gasteiger partial charge in [0.2, 0.25) is 0 Å². The molecule has 132 valence electrons. The minimum absolute atomic E-state index is 0.0568. The minimum Gasteiger partial charge on any atom is -0.481 e. The quantitative estimate of drug-likeness (QED) is 0.326. The smallest absolute Gasteiger partial charge is 0.307 e. The Bertz CT molecular complexity index is 548. The average Bonchev–Trinajstić information content (AvgIpc) is 2.54. The van der Waals surface area contributed by atoms with E-state index in [4.69, 9.17) is 5.11 Å².